The van der Waals surface area contributed by atoms with E-state index in [1.54, 1.807) is 12.1 Å². The Morgan fingerprint density at radius 2 is 1.84 bits per heavy atom. The van der Waals surface area contributed by atoms with Gasteiger partial charge in [0.05, 0.1) is 9.73 Å². The van der Waals surface area contributed by atoms with E-state index in [1.807, 2.05) is 19.1 Å². The summed E-state index contributed by atoms with van der Waals surface area (Å²) in [5.74, 6) is -0.952. The zero-order valence-corrected chi connectivity index (χ0v) is 11.5. The summed E-state index contributed by atoms with van der Waals surface area (Å²) in [4.78, 5) is 23.4. The van der Waals surface area contributed by atoms with Crippen molar-refractivity contribution in [3.05, 3.63) is 29.8 Å². The molecule has 1 saturated heterocycles. The monoisotopic (exact) mass is 280 g/mol. The van der Waals surface area contributed by atoms with Crippen molar-refractivity contribution >= 4 is 27.2 Å². The minimum absolute atomic E-state index is 0.413. The van der Waals surface area contributed by atoms with Gasteiger partial charge in [-0.25, -0.2) is 4.21 Å². The second-order valence-corrected chi connectivity index (χ2v) is 7.10. The largest absolute Gasteiger partial charge is 0.343 e. The Bertz CT molecular complexity index is 619. The fourth-order valence-electron chi connectivity index (χ4n) is 1.93. The van der Waals surface area contributed by atoms with E-state index >= 15 is 0 Å². The molecule has 0 spiro atoms. The molecule has 19 heavy (non-hydrogen) atoms. The Kier molecular flexibility index (Phi) is 3.99. The van der Waals surface area contributed by atoms with Crippen LogP contribution in [0.5, 0.6) is 0 Å². The van der Waals surface area contributed by atoms with Crippen molar-refractivity contribution in [2.24, 2.45) is 4.36 Å². The molecule has 1 aliphatic heterocycles. The summed E-state index contributed by atoms with van der Waals surface area (Å²) in [5.41, 5.74) is 1.42. The first-order chi connectivity index (χ1) is 9.00. The molecule has 1 N–H and O–H groups in total. The highest BCUT2D eigenvalue weighted by molar-refractivity contribution is 7.94. The standard InChI is InChI=1S/C13H16N2O3S/c1-10-6-2-3-7-11(10)14-12(16)13(17)15-19(18)8-4-5-9-19/h2-3,6-7H,4-5,8-9H2,1H3,(H,14,16). The fraction of sp³-hybridized carbons (Fsp3) is 0.385. The maximum absolute atomic E-state index is 12.1. The predicted molar refractivity (Wildman–Crippen MR) is 74.4 cm³/mol. The van der Waals surface area contributed by atoms with Gasteiger partial charge in [-0.1, -0.05) is 18.2 Å². The second kappa shape index (κ2) is 5.52. The van der Waals surface area contributed by atoms with Crippen LogP contribution in [0.2, 0.25) is 0 Å². The summed E-state index contributed by atoms with van der Waals surface area (Å²) in [6.07, 6.45) is 1.60. The molecule has 102 valence electrons. The maximum atomic E-state index is 12.1. The number of nitrogens with zero attached hydrogens (tertiary/aromatic N) is 1. The van der Waals surface area contributed by atoms with E-state index in [1.165, 1.54) is 0 Å². The molecule has 6 heteroatoms. The quantitative estimate of drug-likeness (QED) is 0.796. The first-order valence-corrected chi connectivity index (χ1v) is 7.99. The minimum Gasteiger partial charge on any atom is -0.317 e. The van der Waals surface area contributed by atoms with Crippen LogP contribution in [0, 0.1) is 6.92 Å². The summed E-state index contributed by atoms with van der Waals surface area (Å²) in [6, 6.07) is 7.14. The number of amides is 2. The molecule has 1 fully saturated rings. The molecular formula is C13H16N2O3S. The number of anilines is 1. The van der Waals surface area contributed by atoms with E-state index in [0.717, 1.165) is 18.4 Å². The van der Waals surface area contributed by atoms with Crippen LogP contribution in [0.15, 0.2) is 28.6 Å². The number of benzene rings is 1. The van der Waals surface area contributed by atoms with Crippen molar-refractivity contribution in [3.8, 4) is 0 Å². The first kappa shape index (κ1) is 13.7. The number of carbonyl (C=O) groups is 2. The molecule has 2 amide bonds. The molecule has 0 aliphatic carbocycles. The molecule has 1 aromatic carbocycles. The topological polar surface area (TPSA) is 75.6 Å². The zero-order chi connectivity index (χ0) is 13.9. The number of hydrogen-bond acceptors (Lipinski definition) is 3. The van der Waals surface area contributed by atoms with Crippen LogP contribution in [0.3, 0.4) is 0 Å². The average Bonchev–Trinajstić information content (AvgIpc) is 2.78. The van der Waals surface area contributed by atoms with Crippen LogP contribution in [0.25, 0.3) is 0 Å². The minimum atomic E-state index is -2.49. The lowest BCUT2D eigenvalue weighted by Crippen LogP contribution is -2.23. The highest BCUT2D eigenvalue weighted by atomic mass is 32.2. The van der Waals surface area contributed by atoms with Crippen LogP contribution < -0.4 is 5.32 Å². The second-order valence-electron chi connectivity index (χ2n) is 4.55. The lowest BCUT2D eigenvalue weighted by molar-refractivity contribution is -0.133. The number of carbonyl (C=O) groups excluding carboxylic acids is 2. The highest BCUT2D eigenvalue weighted by Crippen LogP contribution is 2.15. The summed E-state index contributed by atoms with van der Waals surface area (Å²) in [5, 5.41) is 2.49. The molecule has 5 nitrogen and oxygen atoms in total. The predicted octanol–water partition coefficient (Wildman–Crippen LogP) is 1.72. The Labute approximate surface area is 112 Å². The number of aryl methyl sites for hydroxylation is 1. The molecule has 0 bridgehead atoms. The number of nitrogens with one attached hydrogen (secondary N) is 1. The van der Waals surface area contributed by atoms with E-state index in [2.05, 4.69) is 9.68 Å². The molecule has 0 atom stereocenters. The Morgan fingerprint density at radius 1 is 1.21 bits per heavy atom. The van der Waals surface area contributed by atoms with Crippen molar-refractivity contribution in [2.45, 2.75) is 19.8 Å². The molecule has 2 rings (SSSR count). The summed E-state index contributed by atoms with van der Waals surface area (Å²) in [6.45, 7) is 1.83. The molecule has 1 heterocycles. The third kappa shape index (κ3) is 3.41. The van der Waals surface area contributed by atoms with Crippen molar-refractivity contribution < 1.29 is 13.8 Å². The van der Waals surface area contributed by atoms with Crippen LogP contribution in [-0.4, -0.2) is 27.5 Å². The van der Waals surface area contributed by atoms with Crippen molar-refractivity contribution in [2.75, 3.05) is 16.8 Å². The Morgan fingerprint density at radius 3 is 2.47 bits per heavy atom. The molecule has 1 aromatic rings. The first-order valence-electron chi connectivity index (χ1n) is 6.14. The van der Waals surface area contributed by atoms with Gasteiger partial charge in [0.1, 0.15) is 0 Å². The SMILES string of the molecule is Cc1ccccc1NC(=O)C(=O)N=S1(=O)CCCC1. The van der Waals surface area contributed by atoms with E-state index in [-0.39, 0.29) is 0 Å². The van der Waals surface area contributed by atoms with Gasteiger partial charge >= 0.3 is 11.8 Å². The molecule has 0 radical (unpaired) electrons. The smallest absolute Gasteiger partial charge is 0.317 e. The van der Waals surface area contributed by atoms with E-state index in [4.69, 9.17) is 0 Å². The molecule has 0 aromatic heterocycles. The van der Waals surface area contributed by atoms with Crippen molar-refractivity contribution in [1.82, 2.24) is 0 Å². The molecule has 0 unspecified atom stereocenters. The highest BCUT2D eigenvalue weighted by Gasteiger charge is 2.21. The van der Waals surface area contributed by atoms with Gasteiger partial charge in [0.25, 0.3) is 0 Å². The van der Waals surface area contributed by atoms with Crippen LogP contribution in [-0.2, 0) is 19.3 Å². The zero-order valence-electron chi connectivity index (χ0n) is 10.7. The van der Waals surface area contributed by atoms with Crippen molar-refractivity contribution in [3.63, 3.8) is 0 Å². The number of rotatable bonds is 1. The molecule has 0 saturated carbocycles. The van der Waals surface area contributed by atoms with Crippen LogP contribution in [0.1, 0.15) is 18.4 Å². The number of para-hydroxylation sites is 1. The molecular weight excluding hydrogens is 264 g/mol. The van der Waals surface area contributed by atoms with Gasteiger partial charge < -0.3 is 5.32 Å². The molecule has 1 aliphatic rings. The Balaban J connectivity index is 2.11. The lowest BCUT2D eigenvalue weighted by atomic mass is 10.2. The third-order valence-electron chi connectivity index (χ3n) is 3.01. The lowest BCUT2D eigenvalue weighted by Gasteiger charge is -2.06. The Hall–Kier alpha value is -1.69. The average molecular weight is 280 g/mol. The normalized spacial score (nSPS) is 16.9. The van der Waals surface area contributed by atoms with E-state index in [0.29, 0.717) is 17.2 Å². The third-order valence-corrected chi connectivity index (χ3v) is 5.37. The van der Waals surface area contributed by atoms with Gasteiger partial charge in [-0.2, -0.15) is 4.36 Å². The van der Waals surface area contributed by atoms with Crippen LogP contribution >= 0.6 is 0 Å². The number of hydrogen-bond donors (Lipinski definition) is 1. The van der Waals surface area contributed by atoms with E-state index < -0.39 is 21.5 Å². The van der Waals surface area contributed by atoms with Crippen LogP contribution in [0.4, 0.5) is 5.69 Å². The maximum Gasteiger partial charge on any atom is 0.343 e. The van der Waals surface area contributed by atoms with Gasteiger partial charge in [0, 0.05) is 17.2 Å². The van der Waals surface area contributed by atoms with E-state index in [9.17, 15) is 13.8 Å². The summed E-state index contributed by atoms with van der Waals surface area (Å²) >= 11 is 0. The van der Waals surface area contributed by atoms with Gasteiger partial charge in [-0.05, 0) is 31.4 Å². The summed E-state index contributed by atoms with van der Waals surface area (Å²) in [7, 11) is -2.49. The van der Waals surface area contributed by atoms with Gasteiger partial charge in [-0.15, -0.1) is 0 Å². The van der Waals surface area contributed by atoms with Gasteiger partial charge in [0.15, 0.2) is 0 Å². The van der Waals surface area contributed by atoms with Gasteiger partial charge in [0.2, 0.25) is 0 Å². The fourth-order valence-corrected chi connectivity index (χ4v) is 4.01. The van der Waals surface area contributed by atoms with Gasteiger partial charge in [-0.3, -0.25) is 9.59 Å². The van der Waals surface area contributed by atoms with Crippen molar-refractivity contribution in [1.29, 1.82) is 0 Å². The summed E-state index contributed by atoms with van der Waals surface area (Å²) < 4.78 is 15.7.